The fourth-order valence-electron chi connectivity index (χ4n) is 2.81. The minimum atomic E-state index is 0.0774. The Labute approximate surface area is 122 Å². The Bertz CT molecular complexity index is 404. The molecule has 1 aliphatic rings. The lowest BCUT2D eigenvalue weighted by atomic mass is 9.89. The predicted molar refractivity (Wildman–Crippen MR) is 85.8 cm³/mol. The zero-order valence-electron chi connectivity index (χ0n) is 12.6. The Morgan fingerprint density at radius 1 is 1.32 bits per heavy atom. The molecule has 0 amide bonds. The summed E-state index contributed by atoms with van der Waals surface area (Å²) in [5, 5.41) is 3.70. The third kappa shape index (κ3) is 3.74. The molecule has 1 fully saturated rings. The van der Waals surface area contributed by atoms with E-state index in [0.717, 1.165) is 26.2 Å². The van der Waals surface area contributed by atoms with Gasteiger partial charge in [0.15, 0.2) is 0 Å². The van der Waals surface area contributed by atoms with E-state index in [2.05, 4.69) is 67.6 Å². The van der Waals surface area contributed by atoms with Crippen molar-refractivity contribution in [2.24, 2.45) is 0 Å². The number of nitrogens with one attached hydrogen (secondary N) is 1. The third-order valence-electron chi connectivity index (χ3n) is 4.05. The average Bonchev–Trinajstić information content (AvgIpc) is 2.39. The summed E-state index contributed by atoms with van der Waals surface area (Å²) in [5.74, 6) is 0. The second-order valence-corrected chi connectivity index (χ2v) is 7.81. The number of piperazine rings is 1. The summed E-state index contributed by atoms with van der Waals surface area (Å²) in [4.78, 5) is 2.60. The zero-order valence-corrected chi connectivity index (χ0v) is 13.4. The molecule has 106 valence electrons. The van der Waals surface area contributed by atoms with Gasteiger partial charge in [-0.3, -0.25) is 4.90 Å². The lowest BCUT2D eigenvalue weighted by Gasteiger charge is -2.44. The molecule has 1 aromatic rings. The van der Waals surface area contributed by atoms with Crippen molar-refractivity contribution in [3.05, 3.63) is 35.9 Å². The highest BCUT2D eigenvalue weighted by Crippen LogP contribution is 2.28. The number of hydrogen-bond donors (Lipinski definition) is 1. The molecule has 1 heterocycles. The average molecular weight is 278 g/mol. The molecule has 1 unspecified atom stereocenters. The monoisotopic (exact) mass is 278 g/mol. The standard InChI is InChI=1S/C16H26N2S/c1-15(2,19-4)12-18-11-10-17-16(3,13-18)14-8-6-5-7-9-14/h5-9,17H,10-13H2,1-4H3. The van der Waals surface area contributed by atoms with E-state index < -0.39 is 0 Å². The molecular formula is C16H26N2S. The first kappa shape index (κ1) is 14.9. The van der Waals surface area contributed by atoms with Crippen LogP contribution in [0.2, 0.25) is 0 Å². The number of benzene rings is 1. The van der Waals surface area contributed by atoms with Crippen molar-refractivity contribution in [1.29, 1.82) is 0 Å². The molecule has 0 spiro atoms. The van der Waals surface area contributed by atoms with Crippen molar-refractivity contribution in [1.82, 2.24) is 10.2 Å². The first-order valence-corrected chi connectivity index (χ1v) is 8.26. The van der Waals surface area contributed by atoms with Crippen molar-refractivity contribution < 1.29 is 0 Å². The molecule has 1 aromatic carbocycles. The fourth-order valence-corrected chi connectivity index (χ4v) is 3.12. The van der Waals surface area contributed by atoms with Gasteiger partial charge in [-0.15, -0.1) is 0 Å². The minimum absolute atomic E-state index is 0.0774. The van der Waals surface area contributed by atoms with Gasteiger partial charge in [-0.1, -0.05) is 30.3 Å². The van der Waals surface area contributed by atoms with E-state index in [1.807, 2.05) is 11.8 Å². The molecule has 2 rings (SSSR count). The Hall–Kier alpha value is -0.510. The van der Waals surface area contributed by atoms with Crippen LogP contribution in [0.25, 0.3) is 0 Å². The van der Waals surface area contributed by atoms with Crippen LogP contribution in [0.5, 0.6) is 0 Å². The Kier molecular flexibility index (Phi) is 4.59. The molecule has 3 heteroatoms. The maximum atomic E-state index is 3.70. The Morgan fingerprint density at radius 3 is 2.63 bits per heavy atom. The van der Waals surface area contributed by atoms with E-state index in [-0.39, 0.29) is 5.54 Å². The van der Waals surface area contributed by atoms with Gasteiger partial charge in [-0.25, -0.2) is 0 Å². The van der Waals surface area contributed by atoms with Gasteiger partial charge in [0.05, 0.1) is 5.54 Å². The lowest BCUT2D eigenvalue weighted by molar-refractivity contribution is 0.135. The van der Waals surface area contributed by atoms with Crippen LogP contribution >= 0.6 is 11.8 Å². The second-order valence-electron chi connectivity index (χ2n) is 6.30. The molecule has 0 saturated carbocycles. The van der Waals surface area contributed by atoms with Gasteiger partial charge in [-0.05, 0) is 32.6 Å². The topological polar surface area (TPSA) is 15.3 Å². The van der Waals surface area contributed by atoms with Gasteiger partial charge >= 0.3 is 0 Å². The molecule has 0 bridgehead atoms. The summed E-state index contributed by atoms with van der Waals surface area (Å²) in [6.07, 6.45) is 2.21. The van der Waals surface area contributed by atoms with Gasteiger partial charge in [0.25, 0.3) is 0 Å². The molecule has 0 aromatic heterocycles. The highest BCUT2D eigenvalue weighted by Gasteiger charge is 2.33. The molecule has 1 N–H and O–H groups in total. The van der Waals surface area contributed by atoms with E-state index in [4.69, 9.17) is 0 Å². The normalized spacial score (nSPS) is 25.5. The SMILES string of the molecule is CSC(C)(C)CN1CCNC(C)(c2ccccc2)C1. The van der Waals surface area contributed by atoms with Gasteiger partial charge in [0, 0.05) is 30.9 Å². The van der Waals surface area contributed by atoms with Crippen LogP contribution in [0.15, 0.2) is 30.3 Å². The number of hydrogen-bond acceptors (Lipinski definition) is 3. The van der Waals surface area contributed by atoms with Crippen LogP contribution < -0.4 is 5.32 Å². The maximum absolute atomic E-state index is 3.70. The Morgan fingerprint density at radius 2 is 2.00 bits per heavy atom. The molecule has 19 heavy (non-hydrogen) atoms. The van der Waals surface area contributed by atoms with Crippen molar-refractivity contribution in [3.8, 4) is 0 Å². The van der Waals surface area contributed by atoms with Gasteiger partial charge < -0.3 is 5.32 Å². The van der Waals surface area contributed by atoms with E-state index in [0.29, 0.717) is 4.75 Å². The number of nitrogens with zero attached hydrogens (tertiary/aromatic N) is 1. The molecular weight excluding hydrogens is 252 g/mol. The third-order valence-corrected chi connectivity index (χ3v) is 5.29. The molecule has 1 atom stereocenters. The Balaban J connectivity index is 2.08. The van der Waals surface area contributed by atoms with Crippen LogP contribution in [0.3, 0.4) is 0 Å². The summed E-state index contributed by atoms with van der Waals surface area (Å²) in [5.41, 5.74) is 1.47. The van der Waals surface area contributed by atoms with Crippen molar-refractivity contribution in [2.45, 2.75) is 31.1 Å². The summed E-state index contributed by atoms with van der Waals surface area (Å²) in [6.45, 7) is 11.4. The minimum Gasteiger partial charge on any atom is -0.305 e. The molecule has 1 saturated heterocycles. The van der Waals surface area contributed by atoms with E-state index in [9.17, 15) is 0 Å². The van der Waals surface area contributed by atoms with Crippen LogP contribution in [-0.4, -0.2) is 42.1 Å². The number of rotatable bonds is 4. The summed E-state index contributed by atoms with van der Waals surface area (Å²) < 4.78 is 0.328. The summed E-state index contributed by atoms with van der Waals surface area (Å²) >= 11 is 1.95. The fraction of sp³-hybridized carbons (Fsp3) is 0.625. The summed E-state index contributed by atoms with van der Waals surface area (Å²) in [6, 6.07) is 10.8. The highest BCUT2D eigenvalue weighted by atomic mass is 32.2. The molecule has 0 aliphatic carbocycles. The zero-order chi connectivity index (χ0) is 13.9. The van der Waals surface area contributed by atoms with Crippen LogP contribution in [0.1, 0.15) is 26.3 Å². The largest absolute Gasteiger partial charge is 0.305 e. The summed E-state index contributed by atoms with van der Waals surface area (Å²) in [7, 11) is 0. The highest BCUT2D eigenvalue weighted by molar-refractivity contribution is 7.99. The van der Waals surface area contributed by atoms with Crippen LogP contribution in [-0.2, 0) is 5.54 Å². The quantitative estimate of drug-likeness (QED) is 0.911. The first-order chi connectivity index (χ1) is 8.95. The molecule has 1 aliphatic heterocycles. The molecule has 0 radical (unpaired) electrons. The van der Waals surface area contributed by atoms with Crippen LogP contribution in [0, 0.1) is 0 Å². The number of thioether (sulfide) groups is 1. The van der Waals surface area contributed by atoms with E-state index in [1.165, 1.54) is 5.56 Å². The smallest absolute Gasteiger partial charge is 0.0535 e. The van der Waals surface area contributed by atoms with Crippen LogP contribution in [0.4, 0.5) is 0 Å². The lowest BCUT2D eigenvalue weighted by Crippen LogP contribution is -2.58. The van der Waals surface area contributed by atoms with E-state index >= 15 is 0 Å². The van der Waals surface area contributed by atoms with Crippen molar-refractivity contribution in [3.63, 3.8) is 0 Å². The first-order valence-electron chi connectivity index (χ1n) is 7.03. The van der Waals surface area contributed by atoms with Gasteiger partial charge in [0.2, 0.25) is 0 Å². The van der Waals surface area contributed by atoms with Gasteiger partial charge in [0.1, 0.15) is 0 Å². The maximum Gasteiger partial charge on any atom is 0.0535 e. The van der Waals surface area contributed by atoms with Crippen molar-refractivity contribution in [2.75, 3.05) is 32.4 Å². The van der Waals surface area contributed by atoms with Gasteiger partial charge in [-0.2, -0.15) is 11.8 Å². The van der Waals surface area contributed by atoms with E-state index in [1.54, 1.807) is 0 Å². The van der Waals surface area contributed by atoms with Crippen molar-refractivity contribution >= 4 is 11.8 Å². The predicted octanol–water partition coefficient (Wildman–Crippen LogP) is 2.95. The molecule has 2 nitrogen and oxygen atoms in total. The second kappa shape index (κ2) is 5.86.